The average Bonchev–Trinajstić information content (AvgIpc) is 3.09. The molecule has 34 heavy (non-hydrogen) atoms. The van der Waals surface area contributed by atoms with Gasteiger partial charge in [0.15, 0.2) is 0 Å². The van der Waals surface area contributed by atoms with Crippen LogP contribution in [0.5, 0.6) is 5.75 Å². The first-order valence-corrected chi connectivity index (χ1v) is 10.9. The van der Waals surface area contributed by atoms with Crippen molar-refractivity contribution in [1.82, 2.24) is 19.3 Å². The molecular formula is C24H23F2N5O3. The first-order valence-electron chi connectivity index (χ1n) is 10.9. The predicted molar refractivity (Wildman–Crippen MR) is 123 cm³/mol. The van der Waals surface area contributed by atoms with Crippen molar-refractivity contribution in [1.29, 1.82) is 0 Å². The molecule has 1 saturated heterocycles. The minimum absolute atomic E-state index is 0.0761. The molecule has 3 heterocycles. The van der Waals surface area contributed by atoms with Crippen LogP contribution in [0.2, 0.25) is 0 Å². The maximum Gasteiger partial charge on any atom is 0.387 e. The number of ether oxygens (including phenoxy) is 2. The molecule has 0 unspecified atom stereocenters. The van der Waals surface area contributed by atoms with Crippen LogP contribution in [0, 0.1) is 0 Å². The van der Waals surface area contributed by atoms with E-state index in [-0.39, 0.29) is 11.3 Å². The SMILES string of the molecule is Cn1c(=O)c2ccc(-c3cnc(N4CCOCC4)nc3)cc2n1Cc1cccc(OC(F)F)c1. The highest BCUT2D eigenvalue weighted by Gasteiger charge is 2.16. The predicted octanol–water partition coefficient (Wildman–Crippen LogP) is 3.28. The topological polar surface area (TPSA) is 74.4 Å². The highest BCUT2D eigenvalue weighted by molar-refractivity contribution is 5.84. The highest BCUT2D eigenvalue weighted by Crippen LogP contribution is 2.25. The second-order valence-corrected chi connectivity index (χ2v) is 8.02. The van der Waals surface area contributed by atoms with Crippen molar-refractivity contribution in [2.24, 2.45) is 7.05 Å². The van der Waals surface area contributed by atoms with Gasteiger partial charge in [0.2, 0.25) is 5.95 Å². The van der Waals surface area contributed by atoms with E-state index in [0.29, 0.717) is 31.1 Å². The lowest BCUT2D eigenvalue weighted by molar-refractivity contribution is -0.0498. The minimum atomic E-state index is -2.90. The van der Waals surface area contributed by atoms with Crippen molar-refractivity contribution < 1.29 is 18.3 Å². The molecule has 0 atom stereocenters. The summed E-state index contributed by atoms with van der Waals surface area (Å²) in [5.74, 6) is 0.739. The number of morpholine rings is 1. The van der Waals surface area contributed by atoms with Gasteiger partial charge in [0.1, 0.15) is 5.75 Å². The lowest BCUT2D eigenvalue weighted by Gasteiger charge is -2.26. The van der Waals surface area contributed by atoms with Crippen LogP contribution in [0.25, 0.3) is 22.0 Å². The van der Waals surface area contributed by atoms with E-state index in [9.17, 15) is 13.6 Å². The number of benzene rings is 2. The molecule has 4 aromatic rings. The molecular weight excluding hydrogens is 444 g/mol. The Bertz CT molecular complexity index is 1360. The average molecular weight is 467 g/mol. The van der Waals surface area contributed by atoms with Crippen molar-refractivity contribution in [3.8, 4) is 16.9 Å². The molecule has 0 spiro atoms. The second-order valence-electron chi connectivity index (χ2n) is 8.02. The number of aromatic nitrogens is 4. The van der Waals surface area contributed by atoms with Crippen molar-refractivity contribution in [2.45, 2.75) is 13.2 Å². The molecule has 2 aromatic heterocycles. The zero-order chi connectivity index (χ0) is 23.7. The maximum absolute atomic E-state index is 12.8. The Balaban J connectivity index is 1.47. The van der Waals surface area contributed by atoms with Gasteiger partial charge in [0.05, 0.1) is 30.7 Å². The summed E-state index contributed by atoms with van der Waals surface area (Å²) in [6, 6.07) is 12.1. The molecule has 10 heteroatoms. The second kappa shape index (κ2) is 9.22. The van der Waals surface area contributed by atoms with Crippen molar-refractivity contribution in [3.05, 3.63) is 70.8 Å². The summed E-state index contributed by atoms with van der Waals surface area (Å²) in [6.45, 7) is 0.239. The van der Waals surface area contributed by atoms with Gasteiger partial charge < -0.3 is 14.4 Å². The number of nitrogens with zero attached hydrogens (tertiary/aromatic N) is 5. The number of hydrogen-bond acceptors (Lipinski definition) is 6. The fourth-order valence-corrected chi connectivity index (χ4v) is 4.13. The van der Waals surface area contributed by atoms with Crippen LogP contribution in [0.3, 0.4) is 0 Å². The van der Waals surface area contributed by atoms with Crippen LogP contribution in [0.15, 0.2) is 59.7 Å². The van der Waals surface area contributed by atoms with Gasteiger partial charge in [-0.25, -0.2) is 9.97 Å². The van der Waals surface area contributed by atoms with Crippen molar-refractivity contribution in [3.63, 3.8) is 0 Å². The van der Waals surface area contributed by atoms with Gasteiger partial charge in [-0.3, -0.25) is 14.2 Å². The number of hydrogen-bond donors (Lipinski definition) is 0. The zero-order valence-electron chi connectivity index (χ0n) is 18.5. The fraction of sp³-hybridized carbons (Fsp3) is 0.292. The molecule has 0 aliphatic carbocycles. The standard InChI is InChI=1S/C24H23F2N5O3/c1-29-22(32)20-6-5-17(18-13-27-24(28-14-18)30-7-9-33-10-8-30)12-21(20)31(29)15-16-3-2-4-19(11-16)34-23(25)26/h2-6,11-14,23H,7-10,15H2,1H3. The maximum atomic E-state index is 12.8. The first-order chi connectivity index (χ1) is 16.5. The summed E-state index contributed by atoms with van der Waals surface area (Å²) < 4.78 is 38.4. The van der Waals surface area contributed by atoms with E-state index >= 15 is 0 Å². The third kappa shape index (κ3) is 4.36. The molecule has 0 saturated carbocycles. The summed E-state index contributed by atoms with van der Waals surface area (Å²) in [5, 5.41) is 0.567. The van der Waals surface area contributed by atoms with E-state index in [2.05, 4.69) is 19.6 Å². The van der Waals surface area contributed by atoms with Gasteiger partial charge in [-0.15, -0.1) is 0 Å². The summed E-state index contributed by atoms with van der Waals surface area (Å²) >= 11 is 0. The van der Waals surface area contributed by atoms with Gasteiger partial charge >= 0.3 is 6.61 Å². The summed E-state index contributed by atoms with van der Waals surface area (Å²) in [7, 11) is 1.68. The summed E-state index contributed by atoms with van der Waals surface area (Å²) in [6.07, 6.45) is 3.55. The Morgan fingerprint density at radius 2 is 1.82 bits per heavy atom. The van der Waals surface area contributed by atoms with Gasteiger partial charge in [-0.2, -0.15) is 8.78 Å². The van der Waals surface area contributed by atoms with Crippen LogP contribution in [0.1, 0.15) is 5.56 Å². The molecule has 0 bridgehead atoms. The van der Waals surface area contributed by atoms with Gasteiger partial charge in [0, 0.05) is 38.1 Å². The molecule has 8 nitrogen and oxygen atoms in total. The van der Waals surface area contributed by atoms with Gasteiger partial charge in [-0.1, -0.05) is 18.2 Å². The van der Waals surface area contributed by atoms with E-state index in [1.54, 1.807) is 43.7 Å². The number of halogens is 2. The molecule has 5 rings (SSSR count). The lowest BCUT2D eigenvalue weighted by Crippen LogP contribution is -2.37. The molecule has 0 amide bonds. The molecule has 0 N–H and O–H groups in total. The van der Waals surface area contributed by atoms with Crippen LogP contribution < -0.4 is 15.2 Å². The molecule has 2 aromatic carbocycles. The summed E-state index contributed by atoms with van der Waals surface area (Å²) in [4.78, 5) is 23.9. The normalized spacial score (nSPS) is 14.2. The third-order valence-corrected chi connectivity index (χ3v) is 5.88. The van der Waals surface area contributed by atoms with Crippen molar-refractivity contribution >= 4 is 16.9 Å². The van der Waals surface area contributed by atoms with E-state index in [1.807, 2.05) is 16.8 Å². The fourth-order valence-electron chi connectivity index (χ4n) is 4.13. The lowest BCUT2D eigenvalue weighted by atomic mass is 10.1. The number of rotatable bonds is 6. The van der Waals surface area contributed by atoms with Crippen LogP contribution in [-0.4, -0.2) is 52.2 Å². The highest BCUT2D eigenvalue weighted by atomic mass is 19.3. The number of alkyl halides is 2. The largest absolute Gasteiger partial charge is 0.435 e. The smallest absolute Gasteiger partial charge is 0.387 e. The van der Waals surface area contributed by atoms with E-state index < -0.39 is 6.61 Å². The monoisotopic (exact) mass is 467 g/mol. The quantitative estimate of drug-likeness (QED) is 0.433. The Morgan fingerprint density at radius 1 is 1.06 bits per heavy atom. The Hall–Kier alpha value is -3.79. The Labute approximate surface area is 194 Å². The first kappa shape index (κ1) is 22.0. The van der Waals surface area contributed by atoms with E-state index in [4.69, 9.17) is 4.74 Å². The molecule has 1 aliphatic heterocycles. The van der Waals surface area contributed by atoms with Gasteiger partial charge in [-0.05, 0) is 35.4 Å². The molecule has 0 radical (unpaired) electrons. The Kier molecular flexibility index (Phi) is 5.97. The molecule has 176 valence electrons. The van der Waals surface area contributed by atoms with E-state index in [0.717, 1.165) is 35.3 Å². The van der Waals surface area contributed by atoms with Crippen molar-refractivity contribution in [2.75, 3.05) is 31.2 Å². The number of fused-ring (bicyclic) bond motifs is 1. The van der Waals surface area contributed by atoms with Crippen LogP contribution >= 0.6 is 0 Å². The van der Waals surface area contributed by atoms with Crippen LogP contribution in [-0.2, 0) is 18.3 Å². The molecule has 1 aliphatic rings. The molecule has 1 fully saturated rings. The Morgan fingerprint density at radius 3 is 2.56 bits per heavy atom. The van der Waals surface area contributed by atoms with Gasteiger partial charge in [0.25, 0.3) is 5.56 Å². The zero-order valence-corrected chi connectivity index (χ0v) is 18.5. The number of anilines is 1. The van der Waals surface area contributed by atoms with Crippen LogP contribution in [0.4, 0.5) is 14.7 Å². The van der Waals surface area contributed by atoms with E-state index in [1.165, 1.54) is 10.7 Å². The summed E-state index contributed by atoms with van der Waals surface area (Å²) in [5.41, 5.74) is 3.02. The third-order valence-electron chi connectivity index (χ3n) is 5.88. The minimum Gasteiger partial charge on any atom is -0.435 e.